The summed E-state index contributed by atoms with van der Waals surface area (Å²) in [6.45, 7) is 7.80. The number of piperidine rings is 1. The van der Waals surface area contributed by atoms with E-state index in [0.29, 0.717) is 22.5 Å². The number of halogens is 1. The Morgan fingerprint density at radius 2 is 1.46 bits per heavy atom. The molecule has 3 saturated heterocycles. The molecule has 0 radical (unpaired) electrons. The van der Waals surface area contributed by atoms with Crippen LogP contribution in [0.5, 0.6) is 0 Å². The maximum Gasteiger partial charge on any atom is 0.407 e. The Balaban J connectivity index is 1.03. The first kappa shape index (κ1) is 38.9. The van der Waals surface area contributed by atoms with E-state index in [0.717, 1.165) is 60.1 Å². The van der Waals surface area contributed by atoms with Crippen LogP contribution in [0.15, 0.2) is 54.7 Å². The molecule has 2 aromatic carbocycles. The van der Waals surface area contributed by atoms with Crippen LogP contribution in [-0.2, 0) is 19.1 Å². The molecule has 4 aromatic rings. The number of benzene rings is 2. The third-order valence-corrected chi connectivity index (χ3v) is 11.9. The van der Waals surface area contributed by atoms with Crippen LogP contribution in [0.4, 0.5) is 9.59 Å². The molecule has 56 heavy (non-hydrogen) atoms. The lowest BCUT2D eigenvalue weighted by Gasteiger charge is -2.41. The highest BCUT2D eigenvalue weighted by Gasteiger charge is 2.48. The van der Waals surface area contributed by atoms with Crippen LogP contribution >= 0.6 is 11.6 Å². The number of amides is 4. The number of nitrogens with zero attached hydrogens (tertiary/aromatic N) is 4. The number of H-pyrrole nitrogens is 2. The van der Waals surface area contributed by atoms with Crippen LogP contribution in [0.3, 0.4) is 0 Å². The summed E-state index contributed by atoms with van der Waals surface area (Å²) in [4.78, 5) is 71.3. The highest BCUT2D eigenvalue weighted by atomic mass is 35.5. The predicted molar refractivity (Wildman–Crippen MR) is 210 cm³/mol. The summed E-state index contributed by atoms with van der Waals surface area (Å²) in [6.07, 6.45) is 4.51. The molecule has 3 aliphatic rings. The van der Waals surface area contributed by atoms with Crippen molar-refractivity contribution in [3.05, 3.63) is 71.5 Å². The second-order valence-electron chi connectivity index (χ2n) is 15.5. The molecule has 2 aromatic heterocycles. The van der Waals surface area contributed by atoms with Crippen LogP contribution < -0.4 is 10.6 Å². The number of rotatable bonds is 9. The molecular formula is C41H49ClN8O6. The highest BCUT2D eigenvalue weighted by Crippen LogP contribution is 2.43. The summed E-state index contributed by atoms with van der Waals surface area (Å²) < 4.78 is 9.55. The minimum absolute atomic E-state index is 0.00546. The van der Waals surface area contributed by atoms with Crippen LogP contribution in [0, 0.1) is 11.8 Å². The molecule has 0 saturated carbocycles. The van der Waals surface area contributed by atoms with E-state index in [1.54, 1.807) is 6.20 Å². The maximum atomic E-state index is 13.7. The highest BCUT2D eigenvalue weighted by molar-refractivity contribution is 6.31. The van der Waals surface area contributed by atoms with Crippen molar-refractivity contribution in [2.75, 3.05) is 14.2 Å². The third-order valence-electron chi connectivity index (χ3n) is 11.6. The van der Waals surface area contributed by atoms with Gasteiger partial charge in [0.05, 0.1) is 38.2 Å². The fourth-order valence-electron chi connectivity index (χ4n) is 8.59. The number of carbonyl (C=O) groups excluding carboxylic acids is 4. The summed E-state index contributed by atoms with van der Waals surface area (Å²) >= 11 is 6.72. The number of carbonyl (C=O) groups is 4. The van der Waals surface area contributed by atoms with Crippen molar-refractivity contribution in [2.24, 2.45) is 11.8 Å². The van der Waals surface area contributed by atoms with Crippen molar-refractivity contribution in [3.8, 4) is 33.6 Å². The zero-order valence-electron chi connectivity index (χ0n) is 32.5. The number of aromatic amines is 2. The number of nitrogens with one attached hydrogen (secondary N) is 4. The predicted octanol–water partition coefficient (Wildman–Crippen LogP) is 7.02. The molecule has 4 N–H and O–H groups in total. The zero-order chi connectivity index (χ0) is 39.8. The van der Waals surface area contributed by atoms with Gasteiger partial charge < -0.3 is 39.9 Å². The lowest BCUT2D eigenvalue weighted by Crippen LogP contribution is -2.58. The van der Waals surface area contributed by atoms with Gasteiger partial charge in [-0.2, -0.15) is 0 Å². The van der Waals surface area contributed by atoms with E-state index < -0.39 is 24.3 Å². The summed E-state index contributed by atoms with van der Waals surface area (Å²) in [5, 5.41) is 5.83. The van der Waals surface area contributed by atoms with Crippen molar-refractivity contribution in [1.82, 2.24) is 40.4 Å². The Hall–Kier alpha value is -5.37. The van der Waals surface area contributed by atoms with E-state index in [2.05, 4.69) is 32.7 Å². The van der Waals surface area contributed by atoms with Crippen LogP contribution in [-0.4, -0.2) is 92.1 Å². The average molecular weight is 785 g/mol. The number of imidazole rings is 2. The summed E-state index contributed by atoms with van der Waals surface area (Å²) in [5.74, 6) is 0.928. The van der Waals surface area contributed by atoms with Crippen LogP contribution in [0.25, 0.3) is 33.6 Å². The zero-order valence-corrected chi connectivity index (χ0v) is 33.2. The van der Waals surface area contributed by atoms with E-state index in [9.17, 15) is 19.2 Å². The second-order valence-corrected chi connectivity index (χ2v) is 15.9. The van der Waals surface area contributed by atoms with Gasteiger partial charge >= 0.3 is 12.2 Å². The lowest BCUT2D eigenvalue weighted by atomic mass is 9.88. The monoisotopic (exact) mass is 784 g/mol. The molecule has 3 fully saturated rings. The van der Waals surface area contributed by atoms with Crippen LogP contribution in [0.2, 0.25) is 5.15 Å². The maximum absolute atomic E-state index is 13.7. The fraction of sp³-hybridized carbons (Fsp3) is 0.463. The number of ether oxygens (including phenoxy) is 2. The van der Waals surface area contributed by atoms with Crippen molar-refractivity contribution >= 4 is 35.6 Å². The van der Waals surface area contributed by atoms with Gasteiger partial charge in [-0.15, -0.1) is 0 Å². The molecule has 5 heterocycles. The molecule has 1 unspecified atom stereocenters. The van der Waals surface area contributed by atoms with E-state index in [1.165, 1.54) is 14.2 Å². The van der Waals surface area contributed by atoms with E-state index in [4.69, 9.17) is 31.0 Å². The quantitative estimate of drug-likeness (QED) is 0.140. The van der Waals surface area contributed by atoms with E-state index >= 15 is 0 Å². The number of alkyl carbamates (subject to hydrolysis) is 2. The van der Waals surface area contributed by atoms with E-state index in [1.807, 2.05) is 73.9 Å². The van der Waals surface area contributed by atoms with Crippen LogP contribution in [0.1, 0.15) is 83.5 Å². The van der Waals surface area contributed by atoms with Gasteiger partial charge in [0.15, 0.2) is 0 Å². The van der Waals surface area contributed by atoms with Gasteiger partial charge in [-0.25, -0.2) is 19.6 Å². The van der Waals surface area contributed by atoms with Gasteiger partial charge in [-0.05, 0) is 67.6 Å². The standard InChI is InChI=1S/C41H49ClN8O6/c1-21(2)32(46-40(53)55-5)38(51)49-23(4)7-17-30(49)36-43-20-29(44-36)26-12-8-24(9-13-26)25-10-14-27(15-11-25)34-35(42)48-37(45-34)31-18-16-28-19-22(3)33(39(52)50(28)31)47-41(54)56-6/h8-15,20-23,28,30-33H,7,16-19H2,1-6H3,(H,43,44)(H,45,48)(H,46,53)(H,47,54)/t22?,23-,28+,30-,31-,32-,33-/m0/s1. The normalized spacial score (nSPS) is 23.9. The summed E-state index contributed by atoms with van der Waals surface area (Å²) in [6, 6.07) is 14.4. The largest absolute Gasteiger partial charge is 0.453 e. The Labute approximate surface area is 331 Å². The van der Waals surface area contributed by atoms with Gasteiger partial charge in [-0.1, -0.05) is 80.9 Å². The topological polar surface area (TPSA) is 175 Å². The number of likely N-dealkylation sites (tertiary alicyclic amines) is 1. The smallest absolute Gasteiger partial charge is 0.407 e. The number of fused-ring (bicyclic) bond motifs is 1. The second kappa shape index (κ2) is 16.0. The summed E-state index contributed by atoms with van der Waals surface area (Å²) in [5.41, 5.74) is 5.30. The molecular weight excluding hydrogens is 736 g/mol. The average Bonchev–Trinajstić information content (AvgIpc) is 4.01. The first-order chi connectivity index (χ1) is 26.9. The van der Waals surface area contributed by atoms with Gasteiger partial charge in [0.1, 0.15) is 34.6 Å². The Kier molecular flexibility index (Phi) is 11.1. The number of methoxy groups -OCH3 is 2. The molecule has 0 aliphatic carbocycles. The first-order valence-electron chi connectivity index (χ1n) is 19.2. The van der Waals surface area contributed by atoms with Gasteiger partial charge in [0.25, 0.3) is 0 Å². The molecule has 4 amide bonds. The first-order valence-corrected chi connectivity index (χ1v) is 19.6. The Bertz CT molecular complexity index is 2080. The van der Waals surface area contributed by atoms with Gasteiger partial charge in [-0.3, -0.25) is 9.59 Å². The minimum atomic E-state index is -0.710. The summed E-state index contributed by atoms with van der Waals surface area (Å²) in [7, 11) is 2.58. The third kappa shape index (κ3) is 7.46. The number of hydrogen-bond acceptors (Lipinski definition) is 8. The van der Waals surface area contributed by atoms with Crippen molar-refractivity contribution in [1.29, 1.82) is 0 Å². The molecule has 0 spiro atoms. The molecule has 14 nitrogen and oxygen atoms in total. The Morgan fingerprint density at radius 3 is 2.11 bits per heavy atom. The number of aromatic nitrogens is 4. The fourth-order valence-corrected chi connectivity index (χ4v) is 8.84. The molecule has 0 bridgehead atoms. The SMILES string of the molecule is COC(=O)N[C@H](C(=O)N1[C@@H](C)CC[C@H]1c1ncc(-c2ccc(-c3ccc(-c4nc([C@@H]5CC[C@@H]6CC(C)[C@H](NC(=O)OC)C(=O)N65)[nH]c4Cl)cc3)cc2)[nH]1)C(C)C. The number of hydrogen-bond donors (Lipinski definition) is 4. The molecule has 296 valence electrons. The Morgan fingerprint density at radius 1 is 0.839 bits per heavy atom. The van der Waals surface area contributed by atoms with Gasteiger partial charge in [0.2, 0.25) is 11.8 Å². The molecule has 15 heteroatoms. The molecule has 7 atom stereocenters. The van der Waals surface area contributed by atoms with Gasteiger partial charge in [0, 0.05) is 17.6 Å². The lowest BCUT2D eigenvalue weighted by molar-refractivity contribution is -0.142. The molecule has 3 aliphatic heterocycles. The van der Waals surface area contributed by atoms with E-state index in [-0.39, 0.29) is 47.8 Å². The van der Waals surface area contributed by atoms with Crippen molar-refractivity contribution < 1.29 is 28.7 Å². The van der Waals surface area contributed by atoms with Crippen molar-refractivity contribution in [2.45, 2.75) is 96.1 Å². The molecule has 7 rings (SSSR count). The minimum Gasteiger partial charge on any atom is -0.453 e. The van der Waals surface area contributed by atoms with Crippen molar-refractivity contribution in [3.63, 3.8) is 0 Å².